The van der Waals surface area contributed by atoms with E-state index < -0.39 is 9.84 Å². The first kappa shape index (κ1) is 17.4. The number of anilines is 1. The smallest absolute Gasteiger partial charge is 0.225 e. The molecule has 2 aliphatic rings. The van der Waals surface area contributed by atoms with Crippen LogP contribution in [0.1, 0.15) is 12.8 Å². The molecule has 0 unspecified atom stereocenters. The van der Waals surface area contributed by atoms with Crippen molar-refractivity contribution in [3.63, 3.8) is 0 Å². The molecule has 0 aliphatic carbocycles. The fraction of sp³-hybridized carbons (Fsp3) is 0.588. The van der Waals surface area contributed by atoms with Crippen molar-refractivity contribution in [1.29, 1.82) is 0 Å². The summed E-state index contributed by atoms with van der Waals surface area (Å²) in [5, 5.41) is 2.90. The van der Waals surface area contributed by atoms with Crippen LogP contribution in [-0.4, -0.2) is 74.4 Å². The molecule has 0 bridgehead atoms. The predicted molar refractivity (Wildman–Crippen MR) is 94.8 cm³/mol. The van der Waals surface area contributed by atoms with Crippen molar-refractivity contribution in [2.45, 2.75) is 18.9 Å². The Bertz CT molecular complexity index is 655. The maximum atomic E-state index is 12.0. The zero-order chi connectivity index (χ0) is 17.0. The number of rotatable bonds is 5. The van der Waals surface area contributed by atoms with Gasteiger partial charge in [-0.1, -0.05) is 18.2 Å². The number of sulfone groups is 1. The molecule has 0 saturated carbocycles. The molecule has 1 aromatic carbocycles. The Hall–Kier alpha value is -1.44. The van der Waals surface area contributed by atoms with Crippen LogP contribution in [0.2, 0.25) is 0 Å². The standard InChI is InChI=1S/C17H25N3O3S/c21-17(18-15-4-2-1-3-5-15)6-8-19-9-11-20(12-10-19)16-7-13-24(22,23)14-16/h1-5,16H,6-14H2,(H,18,21)/t16-/m0/s1. The fourth-order valence-corrected chi connectivity index (χ4v) is 5.18. The van der Waals surface area contributed by atoms with E-state index in [9.17, 15) is 13.2 Å². The molecule has 6 nitrogen and oxygen atoms in total. The SMILES string of the molecule is O=C(CCN1CCN([C@H]2CCS(=O)(=O)C2)CC1)Nc1ccccc1. The molecular formula is C17H25N3O3S. The van der Waals surface area contributed by atoms with E-state index in [0.717, 1.165) is 44.8 Å². The van der Waals surface area contributed by atoms with Crippen LogP contribution in [0.4, 0.5) is 5.69 Å². The quantitative estimate of drug-likeness (QED) is 0.851. The second-order valence-corrected chi connectivity index (χ2v) is 8.83. The maximum Gasteiger partial charge on any atom is 0.225 e. The van der Waals surface area contributed by atoms with Crippen molar-refractivity contribution in [2.75, 3.05) is 49.5 Å². The lowest BCUT2D eigenvalue weighted by Crippen LogP contribution is -2.51. The highest BCUT2D eigenvalue weighted by molar-refractivity contribution is 7.91. The van der Waals surface area contributed by atoms with E-state index in [4.69, 9.17) is 0 Å². The molecule has 1 atom stereocenters. The summed E-state index contributed by atoms with van der Waals surface area (Å²) in [5.41, 5.74) is 0.828. The average Bonchev–Trinajstić information content (AvgIpc) is 2.94. The van der Waals surface area contributed by atoms with Crippen LogP contribution >= 0.6 is 0 Å². The number of benzene rings is 1. The summed E-state index contributed by atoms with van der Waals surface area (Å²) in [6, 6.07) is 9.68. The van der Waals surface area contributed by atoms with Crippen molar-refractivity contribution in [3.8, 4) is 0 Å². The maximum absolute atomic E-state index is 12.0. The number of carbonyl (C=O) groups excluding carboxylic acids is 1. The fourth-order valence-electron chi connectivity index (χ4n) is 3.42. The molecule has 1 amide bonds. The Labute approximate surface area is 143 Å². The molecule has 2 heterocycles. The van der Waals surface area contributed by atoms with E-state index in [2.05, 4.69) is 15.1 Å². The molecule has 2 aliphatic heterocycles. The second kappa shape index (κ2) is 7.63. The largest absolute Gasteiger partial charge is 0.326 e. The third kappa shape index (κ3) is 4.78. The predicted octanol–water partition coefficient (Wildman–Crippen LogP) is 0.820. The van der Waals surface area contributed by atoms with E-state index in [1.807, 2.05) is 30.3 Å². The van der Waals surface area contributed by atoms with Crippen LogP contribution in [0.25, 0.3) is 0 Å². The van der Waals surface area contributed by atoms with Gasteiger partial charge in [-0.05, 0) is 18.6 Å². The van der Waals surface area contributed by atoms with Gasteiger partial charge in [-0.15, -0.1) is 0 Å². The van der Waals surface area contributed by atoms with Gasteiger partial charge in [-0.3, -0.25) is 9.69 Å². The highest BCUT2D eigenvalue weighted by Gasteiger charge is 2.33. The molecule has 132 valence electrons. The highest BCUT2D eigenvalue weighted by Crippen LogP contribution is 2.19. The zero-order valence-corrected chi connectivity index (χ0v) is 14.7. The van der Waals surface area contributed by atoms with Gasteiger partial charge in [-0.2, -0.15) is 0 Å². The zero-order valence-electron chi connectivity index (χ0n) is 13.9. The Kier molecular flexibility index (Phi) is 5.53. The van der Waals surface area contributed by atoms with Crippen LogP contribution < -0.4 is 5.32 Å². The lowest BCUT2D eigenvalue weighted by atomic mass is 10.2. The van der Waals surface area contributed by atoms with Crippen LogP contribution in [0.3, 0.4) is 0 Å². The molecule has 1 aromatic rings. The van der Waals surface area contributed by atoms with E-state index in [0.29, 0.717) is 17.9 Å². The van der Waals surface area contributed by atoms with Gasteiger partial charge in [0, 0.05) is 50.9 Å². The van der Waals surface area contributed by atoms with Crippen molar-refractivity contribution >= 4 is 21.4 Å². The lowest BCUT2D eigenvalue weighted by Gasteiger charge is -2.37. The van der Waals surface area contributed by atoms with E-state index in [1.165, 1.54) is 0 Å². The minimum atomic E-state index is -2.82. The summed E-state index contributed by atoms with van der Waals surface area (Å²) in [7, 11) is -2.82. The number of amides is 1. The summed E-state index contributed by atoms with van der Waals surface area (Å²) in [6.45, 7) is 4.32. The van der Waals surface area contributed by atoms with E-state index in [1.54, 1.807) is 0 Å². The molecular weight excluding hydrogens is 326 g/mol. The topological polar surface area (TPSA) is 69.7 Å². The Morgan fingerprint density at radius 1 is 1.12 bits per heavy atom. The number of nitrogens with one attached hydrogen (secondary N) is 1. The minimum Gasteiger partial charge on any atom is -0.326 e. The summed E-state index contributed by atoms with van der Waals surface area (Å²) in [5.74, 6) is 0.676. The van der Waals surface area contributed by atoms with Crippen LogP contribution in [-0.2, 0) is 14.6 Å². The first-order valence-corrected chi connectivity index (χ1v) is 10.4. The van der Waals surface area contributed by atoms with E-state index >= 15 is 0 Å². The van der Waals surface area contributed by atoms with Crippen LogP contribution in [0, 0.1) is 0 Å². The number of para-hydroxylation sites is 1. The number of hydrogen-bond donors (Lipinski definition) is 1. The summed E-state index contributed by atoms with van der Waals surface area (Å²) in [6.07, 6.45) is 1.24. The first-order chi connectivity index (χ1) is 11.5. The van der Waals surface area contributed by atoms with Gasteiger partial charge in [-0.25, -0.2) is 8.42 Å². The number of piperazine rings is 1. The highest BCUT2D eigenvalue weighted by atomic mass is 32.2. The van der Waals surface area contributed by atoms with Crippen molar-refractivity contribution < 1.29 is 13.2 Å². The average molecular weight is 351 g/mol. The van der Waals surface area contributed by atoms with Gasteiger partial charge >= 0.3 is 0 Å². The van der Waals surface area contributed by atoms with Crippen molar-refractivity contribution in [1.82, 2.24) is 9.80 Å². The second-order valence-electron chi connectivity index (χ2n) is 6.60. The minimum absolute atomic E-state index is 0.0329. The lowest BCUT2D eigenvalue weighted by molar-refractivity contribution is -0.116. The normalized spacial score (nSPS) is 24.8. The first-order valence-electron chi connectivity index (χ1n) is 8.53. The number of hydrogen-bond acceptors (Lipinski definition) is 5. The molecule has 24 heavy (non-hydrogen) atoms. The molecule has 0 radical (unpaired) electrons. The third-order valence-corrected chi connectivity index (χ3v) is 6.59. The molecule has 1 N–H and O–H groups in total. The molecule has 7 heteroatoms. The molecule has 0 aromatic heterocycles. The summed E-state index contributed by atoms with van der Waals surface area (Å²) in [4.78, 5) is 16.6. The van der Waals surface area contributed by atoms with Crippen LogP contribution in [0.15, 0.2) is 30.3 Å². The summed E-state index contributed by atoms with van der Waals surface area (Å²) >= 11 is 0. The molecule has 3 rings (SSSR count). The van der Waals surface area contributed by atoms with Gasteiger partial charge in [0.1, 0.15) is 0 Å². The Morgan fingerprint density at radius 2 is 1.83 bits per heavy atom. The Morgan fingerprint density at radius 3 is 2.46 bits per heavy atom. The van der Waals surface area contributed by atoms with Gasteiger partial charge in [0.25, 0.3) is 0 Å². The van der Waals surface area contributed by atoms with Crippen LogP contribution in [0.5, 0.6) is 0 Å². The van der Waals surface area contributed by atoms with Gasteiger partial charge < -0.3 is 10.2 Å². The number of carbonyl (C=O) groups is 1. The van der Waals surface area contributed by atoms with Gasteiger partial charge in [0.15, 0.2) is 9.84 Å². The monoisotopic (exact) mass is 351 g/mol. The summed E-state index contributed by atoms with van der Waals surface area (Å²) < 4.78 is 23.2. The third-order valence-electron chi connectivity index (χ3n) is 4.84. The van der Waals surface area contributed by atoms with E-state index in [-0.39, 0.29) is 11.9 Å². The van der Waals surface area contributed by atoms with Gasteiger partial charge in [0.2, 0.25) is 5.91 Å². The van der Waals surface area contributed by atoms with Crippen molar-refractivity contribution in [3.05, 3.63) is 30.3 Å². The molecule has 2 fully saturated rings. The Balaban J connectivity index is 1.37. The molecule has 0 spiro atoms. The van der Waals surface area contributed by atoms with Crippen molar-refractivity contribution in [2.24, 2.45) is 0 Å². The number of nitrogens with zero attached hydrogens (tertiary/aromatic N) is 2. The molecule has 2 saturated heterocycles. The van der Waals surface area contributed by atoms with Gasteiger partial charge in [0.05, 0.1) is 11.5 Å².